The highest BCUT2D eigenvalue weighted by atomic mass is 79.9. The standard InChI is InChI=1S/C17H20BrFN2/c1-3-21(4-2)15-8-6-14(7-9-15)20-12-13-5-10-17(19)16(18)11-13/h5-11,20H,3-4,12H2,1-2H3. The highest BCUT2D eigenvalue weighted by Gasteiger charge is 2.03. The van der Waals surface area contributed by atoms with E-state index in [-0.39, 0.29) is 5.82 Å². The Morgan fingerprint density at radius 2 is 1.71 bits per heavy atom. The van der Waals surface area contributed by atoms with Crippen molar-refractivity contribution >= 4 is 27.3 Å². The summed E-state index contributed by atoms with van der Waals surface area (Å²) in [6.07, 6.45) is 0. The van der Waals surface area contributed by atoms with Gasteiger partial charge in [0.05, 0.1) is 4.47 Å². The molecule has 1 N–H and O–H groups in total. The molecule has 0 radical (unpaired) electrons. The maximum absolute atomic E-state index is 13.2. The van der Waals surface area contributed by atoms with Crippen LogP contribution in [0.25, 0.3) is 0 Å². The van der Waals surface area contributed by atoms with Crippen LogP contribution in [0.1, 0.15) is 19.4 Å². The third-order valence-corrected chi connectivity index (χ3v) is 4.08. The Kier molecular flexibility index (Phi) is 5.62. The second-order valence-corrected chi connectivity index (χ2v) is 5.68. The summed E-state index contributed by atoms with van der Waals surface area (Å²) in [5.41, 5.74) is 3.33. The lowest BCUT2D eigenvalue weighted by Gasteiger charge is -2.21. The van der Waals surface area contributed by atoms with Crippen LogP contribution >= 0.6 is 15.9 Å². The summed E-state index contributed by atoms with van der Waals surface area (Å²) < 4.78 is 13.7. The molecule has 0 bridgehead atoms. The molecule has 0 heterocycles. The Labute approximate surface area is 134 Å². The smallest absolute Gasteiger partial charge is 0.137 e. The predicted octanol–water partition coefficient (Wildman–Crippen LogP) is 5.05. The van der Waals surface area contributed by atoms with Gasteiger partial charge in [-0.1, -0.05) is 6.07 Å². The van der Waals surface area contributed by atoms with Crippen molar-refractivity contribution in [2.45, 2.75) is 20.4 Å². The zero-order chi connectivity index (χ0) is 15.2. The SMILES string of the molecule is CCN(CC)c1ccc(NCc2ccc(F)c(Br)c2)cc1. The molecule has 0 fully saturated rings. The largest absolute Gasteiger partial charge is 0.381 e. The van der Waals surface area contributed by atoms with Gasteiger partial charge in [0.1, 0.15) is 5.82 Å². The van der Waals surface area contributed by atoms with Crippen LogP contribution in [0.4, 0.5) is 15.8 Å². The molecule has 0 aliphatic carbocycles. The molecule has 2 nitrogen and oxygen atoms in total. The van der Waals surface area contributed by atoms with Gasteiger partial charge in [0.15, 0.2) is 0 Å². The monoisotopic (exact) mass is 350 g/mol. The van der Waals surface area contributed by atoms with E-state index in [0.717, 1.165) is 24.3 Å². The van der Waals surface area contributed by atoms with Crippen molar-refractivity contribution in [1.29, 1.82) is 0 Å². The Morgan fingerprint density at radius 3 is 2.29 bits per heavy atom. The molecule has 21 heavy (non-hydrogen) atoms. The van der Waals surface area contributed by atoms with Gasteiger partial charge < -0.3 is 10.2 Å². The lowest BCUT2D eigenvalue weighted by Crippen LogP contribution is -2.21. The second-order valence-electron chi connectivity index (χ2n) is 4.82. The van der Waals surface area contributed by atoms with Crippen LogP contribution < -0.4 is 10.2 Å². The third-order valence-electron chi connectivity index (χ3n) is 3.48. The second kappa shape index (κ2) is 7.46. The van der Waals surface area contributed by atoms with Gasteiger partial charge in [-0.2, -0.15) is 0 Å². The third kappa shape index (κ3) is 4.21. The van der Waals surface area contributed by atoms with Crippen LogP contribution in [0.15, 0.2) is 46.9 Å². The van der Waals surface area contributed by atoms with Gasteiger partial charge in [-0.3, -0.25) is 0 Å². The maximum atomic E-state index is 13.2. The lowest BCUT2D eigenvalue weighted by atomic mass is 10.2. The average Bonchev–Trinajstić information content (AvgIpc) is 2.51. The number of benzene rings is 2. The summed E-state index contributed by atoms with van der Waals surface area (Å²) in [4.78, 5) is 2.31. The van der Waals surface area contributed by atoms with Crippen LogP contribution in [0.3, 0.4) is 0 Å². The van der Waals surface area contributed by atoms with Crippen molar-refractivity contribution in [3.8, 4) is 0 Å². The van der Waals surface area contributed by atoms with E-state index in [1.807, 2.05) is 0 Å². The van der Waals surface area contributed by atoms with Crippen LogP contribution in [0.2, 0.25) is 0 Å². The molecule has 0 spiro atoms. The minimum absolute atomic E-state index is 0.234. The van der Waals surface area contributed by atoms with Gasteiger partial charge >= 0.3 is 0 Å². The van der Waals surface area contributed by atoms with Crippen LogP contribution in [-0.4, -0.2) is 13.1 Å². The molecule has 0 aliphatic heterocycles. The van der Waals surface area contributed by atoms with E-state index in [1.165, 1.54) is 11.8 Å². The molecule has 0 atom stereocenters. The van der Waals surface area contributed by atoms with Crippen molar-refractivity contribution < 1.29 is 4.39 Å². The number of rotatable bonds is 6. The Balaban J connectivity index is 1.98. The van der Waals surface area contributed by atoms with E-state index in [1.54, 1.807) is 12.1 Å². The molecule has 2 aromatic carbocycles. The molecule has 0 amide bonds. The number of halogens is 2. The first-order chi connectivity index (χ1) is 10.1. The molecule has 0 unspecified atom stereocenters. The molecule has 0 saturated carbocycles. The lowest BCUT2D eigenvalue weighted by molar-refractivity contribution is 0.620. The van der Waals surface area contributed by atoms with Gasteiger partial charge in [-0.05, 0) is 71.7 Å². The van der Waals surface area contributed by atoms with Crippen molar-refractivity contribution in [2.75, 3.05) is 23.3 Å². The van der Waals surface area contributed by atoms with Crippen LogP contribution in [0.5, 0.6) is 0 Å². The van der Waals surface area contributed by atoms with Crippen molar-refractivity contribution in [2.24, 2.45) is 0 Å². The number of nitrogens with one attached hydrogen (secondary N) is 1. The number of hydrogen-bond acceptors (Lipinski definition) is 2. The van der Waals surface area contributed by atoms with Gasteiger partial charge in [-0.15, -0.1) is 0 Å². The minimum atomic E-state index is -0.234. The summed E-state index contributed by atoms with van der Waals surface area (Å²) in [7, 11) is 0. The highest BCUT2D eigenvalue weighted by molar-refractivity contribution is 9.10. The molecule has 112 valence electrons. The predicted molar refractivity (Wildman–Crippen MR) is 91.4 cm³/mol. The molecular weight excluding hydrogens is 331 g/mol. The molecule has 0 saturated heterocycles. The van der Waals surface area contributed by atoms with E-state index in [0.29, 0.717) is 11.0 Å². The van der Waals surface area contributed by atoms with Crippen LogP contribution in [0, 0.1) is 5.82 Å². The summed E-state index contributed by atoms with van der Waals surface area (Å²) >= 11 is 3.21. The van der Waals surface area contributed by atoms with Crippen LogP contribution in [-0.2, 0) is 6.54 Å². The normalized spacial score (nSPS) is 10.5. The topological polar surface area (TPSA) is 15.3 Å². The fraction of sp³-hybridized carbons (Fsp3) is 0.294. The quantitative estimate of drug-likeness (QED) is 0.784. The van der Waals surface area contributed by atoms with Crippen molar-refractivity contribution in [1.82, 2.24) is 0 Å². The zero-order valence-corrected chi connectivity index (χ0v) is 14.0. The summed E-state index contributed by atoms with van der Waals surface area (Å²) in [5.74, 6) is -0.234. The van der Waals surface area contributed by atoms with Gasteiger partial charge in [0.2, 0.25) is 0 Å². The molecule has 2 aromatic rings. The maximum Gasteiger partial charge on any atom is 0.137 e. The first kappa shape index (κ1) is 15.8. The number of anilines is 2. The molecule has 4 heteroatoms. The highest BCUT2D eigenvalue weighted by Crippen LogP contribution is 2.20. The zero-order valence-electron chi connectivity index (χ0n) is 12.4. The fourth-order valence-electron chi connectivity index (χ4n) is 2.23. The van der Waals surface area contributed by atoms with Gasteiger partial charge in [0, 0.05) is 31.0 Å². The van der Waals surface area contributed by atoms with E-state index in [4.69, 9.17) is 0 Å². The minimum Gasteiger partial charge on any atom is -0.381 e. The first-order valence-corrected chi connectivity index (χ1v) is 7.96. The van der Waals surface area contributed by atoms with Crippen molar-refractivity contribution in [3.05, 3.63) is 58.3 Å². The molecular formula is C17H20BrFN2. The van der Waals surface area contributed by atoms with Gasteiger partial charge in [-0.25, -0.2) is 4.39 Å². The average molecular weight is 351 g/mol. The van der Waals surface area contributed by atoms with E-state index in [2.05, 4.69) is 64.3 Å². The van der Waals surface area contributed by atoms with E-state index in [9.17, 15) is 4.39 Å². The summed E-state index contributed by atoms with van der Waals surface area (Å²) in [5, 5.41) is 3.35. The Morgan fingerprint density at radius 1 is 1.05 bits per heavy atom. The summed E-state index contributed by atoms with van der Waals surface area (Å²) in [6, 6.07) is 13.5. The molecule has 0 aromatic heterocycles. The Hall–Kier alpha value is -1.55. The number of hydrogen-bond donors (Lipinski definition) is 1. The fourth-order valence-corrected chi connectivity index (χ4v) is 2.66. The number of nitrogens with zero attached hydrogens (tertiary/aromatic N) is 1. The molecule has 2 rings (SSSR count). The van der Waals surface area contributed by atoms with E-state index >= 15 is 0 Å². The Bertz CT molecular complexity index is 580. The first-order valence-electron chi connectivity index (χ1n) is 7.16. The van der Waals surface area contributed by atoms with Gasteiger partial charge in [0.25, 0.3) is 0 Å². The van der Waals surface area contributed by atoms with E-state index < -0.39 is 0 Å². The van der Waals surface area contributed by atoms with Crippen molar-refractivity contribution in [3.63, 3.8) is 0 Å². The molecule has 0 aliphatic rings. The summed E-state index contributed by atoms with van der Waals surface area (Å²) in [6.45, 7) is 6.99.